The van der Waals surface area contributed by atoms with E-state index in [0.29, 0.717) is 12.3 Å². The number of carbonyl (C=O) groups excluding carboxylic acids is 1. The number of nitro benzene ring substituents is 1. The van der Waals surface area contributed by atoms with E-state index >= 15 is 0 Å². The SMILES string of the molecule is CC(C)(C)OC(=O)NCCSc1ccc([N+](=O)[O-])cc1. The minimum atomic E-state index is -0.504. The Morgan fingerprint density at radius 1 is 1.35 bits per heavy atom. The Bertz CT molecular complexity index is 468. The summed E-state index contributed by atoms with van der Waals surface area (Å²) in [6, 6.07) is 6.31. The molecule has 0 aromatic heterocycles. The Morgan fingerprint density at radius 3 is 2.45 bits per heavy atom. The second-order valence-electron chi connectivity index (χ2n) is 5.03. The maximum atomic E-state index is 11.4. The van der Waals surface area contributed by atoms with Crippen molar-refractivity contribution in [2.75, 3.05) is 12.3 Å². The lowest BCUT2D eigenvalue weighted by molar-refractivity contribution is -0.384. The van der Waals surface area contributed by atoms with Crippen LogP contribution in [-0.2, 0) is 4.74 Å². The molecule has 0 bridgehead atoms. The number of hydrogen-bond donors (Lipinski definition) is 1. The first-order chi connectivity index (χ1) is 9.28. The van der Waals surface area contributed by atoms with Gasteiger partial charge in [-0.05, 0) is 32.9 Å². The molecule has 0 saturated heterocycles. The summed E-state index contributed by atoms with van der Waals surface area (Å²) in [4.78, 5) is 22.4. The average Bonchev–Trinajstić information content (AvgIpc) is 2.33. The van der Waals surface area contributed by atoms with Crippen LogP contribution in [0.4, 0.5) is 10.5 Å². The number of nitro groups is 1. The van der Waals surface area contributed by atoms with E-state index in [-0.39, 0.29) is 5.69 Å². The van der Waals surface area contributed by atoms with E-state index in [0.717, 1.165) is 4.90 Å². The maximum Gasteiger partial charge on any atom is 0.407 e. The van der Waals surface area contributed by atoms with Gasteiger partial charge in [0.1, 0.15) is 5.60 Å². The van der Waals surface area contributed by atoms with Crippen LogP contribution in [0.15, 0.2) is 29.2 Å². The van der Waals surface area contributed by atoms with Gasteiger partial charge in [-0.15, -0.1) is 11.8 Å². The van der Waals surface area contributed by atoms with Gasteiger partial charge in [0.05, 0.1) is 4.92 Å². The van der Waals surface area contributed by atoms with Crippen molar-refractivity contribution in [1.82, 2.24) is 5.32 Å². The quantitative estimate of drug-likeness (QED) is 0.390. The van der Waals surface area contributed by atoms with Crippen molar-refractivity contribution in [3.05, 3.63) is 34.4 Å². The number of nitrogens with zero attached hydrogens (tertiary/aromatic N) is 1. The van der Waals surface area contributed by atoms with Crippen LogP contribution in [0, 0.1) is 10.1 Å². The van der Waals surface area contributed by atoms with Gasteiger partial charge in [-0.25, -0.2) is 4.79 Å². The van der Waals surface area contributed by atoms with Crippen LogP contribution >= 0.6 is 11.8 Å². The van der Waals surface area contributed by atoms with E-state index in [1.807, 2.05) is 0 Å². The molecule has 0 unspecified atom stereocenters. The number of amides is 1. The number of alkyl carbamates (subject to hydrolysis) is 1. The van der Waals surface area contributed by atoms with Crippen molar-refractivity contribution >= 4 is 23.5 Å². The maximum absolute atomic E-state index is 11.4. The predicted octanol–water partition coefficient (Wildman–Crippen LogP) is 3.21. The van der Waals surface area contributed by atoms with E-state index in [4.69, 9.17) is 4.74 Å². The lowest BCUT2D eigenvalue weighted by Crippen LogP contribution is -2.33. The molecule has 0 heterocycles. The number of thioether (sulfide) groups is 1. The first-order valence-electron chi connectivity index (χ1n) is 6.12. The summed E-state index contributed by atoms with van der Waals surface area (Å²) >= 11 is 1.51. The Balaban J connectivity index is 2.27. The van der Waals surface area contributed by atoms with Gasteiger partial charge in [0.15, 0.2) is 0 Å². The van der Waals surface area contributed by atoms with Gasteiger partial charge in [-0.2, -0.15) is 0 Å². The van der Waals surface area contributed by atoms with Gasteiger partial charge in [-0.3, -0.25) is 10.1 Å². The molecule has 1 amide bonds. The molecule has 1 rings (SSSR count). The molecule has 1 aromatic carbocycles. The number of non-ortho nitro benzene ring substituents is 1. The van der Waals surface area contributed by atoms with Gasteiger partial charge < -0.3 is 10.1 Å². The summed E-state index contributed by atoms with van der Waals surface area (Å²) in [6.07, 6.45) is -0.443. The fraction of sp³-hybridized carbons (Fsp3) is 0.462. The zero-order valence-electron chi connectivity index (χ0n) is 11.7. The van der Waals surface area contributed by atoms with Crippen LogP contribution < -0.4 is 5.32 Å². The van der Waals surface area contributed by atoms with Crippen LogP contribution in [-0.4, -0.2) is 28.9 Å². The van der Waals surface area contributed by atoms with Crippen LogP contribution in [0.1, 0.15) is 20.8 Å². The third-order valence-electron chi connectivity index (χ3n) is 2.09. The van der Waals surface area contributed by atoms with Crippen molar-refractivity contribution in [3.8, 4) is 0 Å². The molecular formula is C13H18N2O4S. The Labute approximate surface area is 122 Å². The zero-order chi connectivity index (χ0) is 15.2. The predicted molar refractivity (Wildman–Crippen MR) is 78.1 cm³/mol. The van der Waals surface area contributed by atoms with E-state index in [9.17, 15) is 14.9 Å². The topological polar surface area (TPSA) is 81.5 Å². The summed E-state index contributed by atoms with van der Waals surface area (Å²) < 4.78 is 5.10. The van der Waals surface area contributed by atoms with Crippen LogP contribution in [0.3, 0.4) is 0 Å². The molecule has 1 aromatic rings. The summed E-state index contributed by atoms with van der Waals surface area (Å²) in [5.41, 5.74) is -0.434. The lowest BCUT2D eigenvalue weighted by Gasteiger charge is -2.19. The number of hydrogen-bond acceptors (Lipinski definition) is 5. The molecule has 1 N–H and O–H groups in total. The van der Waals surface area contributed by atoms with Crippen molar-refractivity contribution < 1.29 is 14.5 Å². The van der Waals surface area contributed by atoms with Gasteiger partial charge in [0, 0.05) is 29.3 Å². The van der Waals surface area contributed by atoms with Crippen LogP contribution in [0.5, 0.6) is 0 Å². The molecule has 0 radical (unpaired) electrons. The van der Waals surface area contributed by atoms with Crippen molar-refractivity contribution in [3.63, 3.8) is 0 Å². The lowest BCUT2D eigenvalue weighted by atomic mass is 10.2. The van der Waals surface area contributed by atoms with Crippen LogP contribution in [0.2, 0.25) is 0 Å². The summed E-state index contributed by atoms with van der Waals surface area (Å²) in [5.74, 6) is 0.664. The fourth-order valence-electron chi connectivity index (χ4n) is 1.30. The normalized spacial score (nSPS) is 10.9. The minimum absolute atomic E-state index is 0.0706. The first kappa shape index (κ1) is 16.3. The second-order valence-corrected chi connectivity index (χ2v) is 6.20. The molecule has 0 aliphatic rings. The van der Waals surface area contributed by atoms with Gasteiger partial charge in [0.25, 0.3) is 5.69 Å². The summed E-state index contributed by atoms with van der Waals surface area (Å²) in [6.45, 7) is 5.88. The van der Waals surface area contributed by atoms with E-state index in [1.54, 1.807) is 32.9 Å². The molecule has 0 spiro atoms. The molecule has 7 heteroatoms. The zero-order valence-corrected chi connectivity index (χ0v) is 12.5. The molecule has 0 atom stereocenters. The summed E-state index contributed by atoms with van der Waals surface area (Å²) in [7, 11) is 0. The fourth-order valence-corrected chi connectivity index (χ4v) is 2.07. The Hall–Kier alpha value is -1.76. The molecule has 0 aliphatic carbocycles. The Kier molecular flexibility index (Phi) is 5.82. The molecule has 0 aliphatic heterocycles. The largest absolute Gasteiger partial charge is 0.444 e. The van der Waals surface area contributed by atoms with Crippen molar-refractivity contribution in [2.24, 2.45) is 0 Å². The van der Waals surface area contributed by atoms with Crippen molar-refractivity contribution in [1.29, 1.82) is 0 Å². The van der Waals surface area contributed by atoms with E-state index in [1.165, 1.54) is 23.9 Å². The minimum Gasteiger partial charge on any atom is -0.444 e. The molecule has 110 valence electrons. The number of rotatable bonds is 5. The number of benzene rings is 1. The smallest absolute Gasteiger partial charge is 0.407 e. The highest BCUT2D eigenvalue weighted by atomic mass is 32.2. The summed E-state index contributed by atoms with van der Waals surface area (Å²) in [5, 5.41) is 13.1. The van der Waals surface area contributed by atoms with E-state index < -0.39 is 16.6 Å². The molecule has 0 saturated carbocycles. The van der Waals surface area contributed by atoms with Gasteiger partial charge in [-0.1, -0.05) is 0 Å². The number of ether oxygens (including phenoxy) is 1. The third-order valence-corrected chi connectivity index (χ3v) is 3.10. The molecule has 6 nitrogen and oxygen atoms in total. The number of carbonyl (C=O) groups is 1. The van der Waals surface area contributed by atoms with Gasteiger partial charge >= 0.3 is 6.09 Å². The van der Waals surface area contributed by atoms with Crippen molar-refractivity contribution in [2.45, 2.75) is 31.3 Å². The monoisotopic (exact) mass is 298 g/mol. The van der Waals surface area contributed by atoms with Gasteiger partial charge in [0.2, 0.25) is 0 Å². The molecule has 20 heavy (non-hydrogen) atoms. The number of nitrogens with one attached hydrogen (secondary N) is 1. The molecule has 0 fully saturated rings. The third kappa shape index (κ3) is 6.42. The highest BCUT2D eigenvalue weighted by Crippen LogP contribution is 2.20. The van der Waals surface area contributed by atoms with Crippen LogP contribution in [0.25, 0.3) is 0 Å². The average molecular weight is 298 g/mol. The highest BCUT2D eigenvalue weighted by molar-refractivity contribution is 7.99. The molecular weight excluding hydrogens is 280 g/mol. The van der Waals surface area contributed by atoms with E-state index in [2.05, 4.69) is 5.32 Å². The first-order valence-corrected chi connectivity index (χ1v) is 7.10. The Morgan fingerprint density at radius 2 is 1.95 bits per heavy atom. The standard InChI is InChI=1S/C13H18N2O4S/c1-13(2,3)19-12(16)14-8-9-20-11-6-4-10(5-7-11)15(17)18/h4-7H,8-9H2,1-3H3,(H,14,16). The highest BCUT2D eigenvalue weighted by Gasteiger charge is 2.15. The second kappa shape index (κ2) is 7.14.